The van der Waals surface area contributed by atoms with Gasteiger partial charge in [0.05, 0.1) is 22.4 Å². The topological polar surface area (TPSA) is 60.3 Å². The van der Waals surface area contributed by atoms with Gasteiger partial charge in [-0.15, -0.1) is 11.3 Å². The number of anilines is 1. The maximum absolute atomic E-state index is 12.9. The first-order chi connectivity index (χ1) is 13.6. The number of nitrogens with one attached hydrogen (secondary N) is 1. The second-order valence-electron chi connectivity index (χ2n) is 6.33. The lowest BCUT2D eigenvalue weighted by atomic mass is 10.1. The van der Waals surface area contributed by atoms with Gasteiger partial charge in [0.1, 0.15) is 5.75 Å². The summed E-state index contributed by atoms with van der Waals surface area (Å²) in [5.74, 6) is 0.533. The normalized spacial score (nSPS) is 11.1. The molecule has 0 saturated carbocycles. The Morgan fingerprint density at radius 1 is 1.07 bits per heavy atom. The minimum atomic E-state index is -0.225. The van der Waals surface area contributed by atoms with Gasteiger partial charge >= 0.3 is 0 Å². The third-order valence-corrected chi connectivity index (χ3v) is 5.78. The van der Waals surface area contributed by atoms with Crippen molar-refractivity contribution >= 4 is 43.9 Å². The van der Waals surface area contributed by atoms with Crippen molar-refractivity contribution in [2.24, 2.45) is 0 Å². The number of carbonyl (C=O) groups is 1. The van der Waals surface area contributed by atoms with Gasteiger partial charge in [-0.05, 0) is 50.2 Å². The summed E-state index contributed by atoms with van der Waals surface area (Å²) in [6.45, 7) is 5.05. The molecule has 28 heavy (non-hydrogen) atoms. The molecule has 0 spiro atoms. The lowest BCUT2D eigenvalue weighted by Crippen LogP contribution is -2.19. The van der Waals surface area contributed by atoms with E-state index in [0.29, 0.717) is 29.1 Å². The molecule has 1 amide bonds. The third-order valence-electron chi connectivity index (χ3n) is 4.61. The van der Waals surface area contributed by atoms with Crippen LogP contribution < -0.4 is 15.6 Å². The van der Waals surface area contributed by atoms with E-state index in [1.807, 2.05) is 50.2 Å². The van der Waals surface area contributed by atoms with Crippen molar-refractivity contribution in [3.05, 3.63) is 69.8 Å². The van der Waals surface area contributed by atoms with Crippen molar-refractivity contribution in [3.8, 4) is 5.75 Å². The number of para-hydroxylation sites is 1. The van der Waals surface area contributed by atoms with Crippen LogP contribution in [0.5, 0.6) is 5.75 Å². The van der Waals surface area contributed by atoms with Gasteiger partial charge < -0.3 is 14.6 Å². The number of aryl methyl sites for hydroxylation is 1. The van der Waals surface area contributed by atoms with Crippen LogP contribution >= 0.6 is 11.3 Å². The van der Waals surface area contributed by atoms with E-state index < -0.39 is 0 Å². The number of amides is 1. The third kappa shape index (κ3) is 3.16. The molecule has 0 saturated heterocycles. The van der Waals surface area contributed by atoms with E-state index in [0.717, 1.165) is 21.4 Å². The minimum absolute atomic E-state index is 0.0624. The lowest BCUT2D eigenvalue weighted by Gasteiger charge is -2.08. The van der Waals surface area contributed by atoms with E-state index in [2.05, 4.69) is 5.32 Å². The van der Waals surface area contributed by atoms with Gasteiger partial charge in [0.25, 0.3) is 11.5 Å². The molecule has 6 heteroatoms. The van der Waals surface area contributed by atoms with Gasteiger partial charge in [-0.3, -0.25) is 9.59 Å². The molecule has 4 rings (SSSR count). The second-order valence-corrected chi connectivity index (χ2v) is 7.38. The van der Waals surface area contributed by atoms with E-state index in [9.17, 15) is 9.59 Å². The Morgan fingerprint density at radius 3 is 2.54 bits per heavy atom. The van der Waals surface area contributed by atoms with Crippen molar-refractivity contribution in [2.75, 3.05) is 11.9 Å². The molecule has 4 aromatic rings. The molecule has 0 aliphatic heterocycles. The Hall–Kier alpha value is -3.12. The maximum atomic E-state index is 12.9. The molecule has 0 aliphatic carbocycles. The maximum Gasteiger partial charge on any atom is 0.265 e. The zero-order chi connectivity index (χ0) is 19.7. The fraction of sp³-hybridized carbons (Fsp3) is 0.182. The lowest BCUT2D eigenvalue weighted by molar-refractivity contribution is 0.103. The zero-order valence-electron chi connectivity index (χ0n) is 15.7. The highest BCUT2D eigenvalue weighted by molar-refractivity contribution is 7.21. The van der Waals surface area contributed by atoms with E-state index in [-0.39, 0.29) is 11.5 Å². The number of carbonyl (C=O) groups excluding carboxylic acids is 1. The standard InChI is InChI=1S/C22H20N2O3S/c1-3-24-18-8-6-5-7-16(18)20-17(22(24)26)13-19(28-20)21(25)23-14-9-11-15(12-10-14)27-4-2/h5-13H,3-4H2,1-2H3,(H,23,25). The second kappa shape index (κ2) is 7.48. The van der Waals surface area contributed by atoms with Crippen LogP contribution in [0.15, 0.2) is 59.4 Å². The SMILES string of the molecule is CCOc1ccc(NC(=O)c2cc3c(=O)n(CC)c4ccccc4c3s2)cc1. The fourth-order valence-corrected chi connectivity index (χ4v) is 4.40. The van der Waals surface area contributed by atoms with Crippen LogP contribution in [-0.4, -0.2) is 17.1 Å². The summed E-state index contributed by atoms with van der Waals surface area (Å²) >= 11 is 1.35. The first-order valence-electron chi connectivity index (χ1n) is 9.21. The minimum Gasteiger partial charge on any atom is -0.494 e. The molecule has 0 unspecified atom stereocenters. The Balaban J connectivity index is 1.73. The summed E-state index contributed by atoms with van der Waals surface area (Å²) in [4.78, 5) is 26.2. The van der Waals surface area contributed by atoms with E-state index in [1.165, 1.54) is 11.3 Å². The van der Waals surface area contributed by atoms with Gasteiger partial charge in [0, 0.05) is 22.3 Å². The number of hydrogen-bond acceptors (Lipinski definition) is 4. The van der Waals surface area contributed by atoms with Crippen molar-refractivity contribution in [3.63, 3.8) is 0 Å². The number of aromatic nitrogens is 1. The Morgan fingerprint density at radius 2 is 1.82 bits per heavy atom. The first kappa shape index (κ1) is 18.3. The van der Waals surface area contributed by atoms with Crippen molar-refractivity contribution in [1.29, 1.82) is 0 Å². The van der Waals surface area contributed by atoms with Crippen LogP contribution in [0, 0.1) is 0 Å². The van der Waals surface area contributed by atoms with Gasteiger partial charge in [0.2, 0.25) is 0 Å². The molecular weight excluding hydrogens is 372 g/mol. The number of fused-ring (bicyclic) bond motifs is 3. The number of nitrogens with zero attached hydrogens (tertiary/aromatic N) is 1. The average Bonchev–Trinajstić information content (AvgIpc) is 3.16. The van der Waals surface area contributed by atoms with Crippen LogP contribution in [0.2, 0.25) is 0 Å². The summed E-state index contributed by atoms with van der Waals surface area (Å²) in [5.41, 5.74) is 1.51. The predicted octanol–water partition coefficient (Wildman–Crippen LogP) is 4.89. The molecule has 142 valence electrons. The summed E-state index contributed by atoms with van der Waals surface area (Å²) in [5, 5.41) is 4.47. The highest BCUT2D eigenvalue weighted by Crippen LogP contribution is 2.31. The number of benzene rings is 2. The van der Waals surface area contributed by atoms with Crippen molar-refractivity contribution < 1.29 is 9.53 Å². The van der Waals surface area contributed by atoms with Crippen LogP contribution in [0.3, 0.4) is 0 Å². The average molecular weight is 392 g/mol. The van der Waals surface area contributed by atoms with Gasteiger partial charge in [-0.1, -0.05) is 18.2 Å². The molecule has 0 aliphatic rings. The predicted molar refractivity (Wildman–Crippen MR) is 115 cm³/mol. The van der Waals surface area contributed by atoms with Crippen LogP contribution in [0.4, 0.5) is 5.69 Å². The molecule has 2 heterocycles. The molecule has 5 nitrogen and oxygen atoms in total. The highest BCUT2D eigenvalue weighted by Gasteiger charge is 2.17. The molecule has 1 N–H and O–H groups in total. The molecule has 2 aromatic heterocycles. The monoisotopic (exact) mass is 392 g/mol. The molecule has 0 radical (unpaired) electrons. The number of thiophene rings is 1. The van der Waals surface area contributed by atoms with Crippen molar-refractivity contribution in [1.82, 2.24) is 4.57 Å². The quantitative estimate of drug-likeness (QED) is 0.526. The zero-order valence-corrected chi connectivity index (χ0v) is 16.5. The summed E-state index contributed by atoms with van der Waals surface area (Å²) < 4.78 is 8.02. The first-order valence-corrected chi connectivity index (χ1v) is 10.0. The van der Waals surface area contributed by atoms with Gasteiger partial charge in [-0.25, -0.2) is 0 Å². The molecule has 0 fully saturated rings. The van der Waals surface area contributed by atoms with E-state index in [1.54, 1.807) is 22.8 Å². The smallest absolute Gasteiger partial charge is 0.265 e. The molecule has 0 atom stereocenters. The Labute approximate surface area is 166 Å². The highest BCUT2D eigenvalue weighted by atomic mass is 32.1. The van der Waals surface area contributed by atoms with Crippen molar-refractivity contribution in [2.45, 2.75) is 20.4 Å². The summed E-state index contributed by atoms with van der Waals surface area (Å²) in [7, 11) is 0. The fourth-order valence-electron chi connectivity index (χ4n) is 3.33. The number of rotatable bonds is 5. The summed E-state index contributed by atoms with van der Waals surface area (Å²) in [6, 6.07) is 16.7. The largest absolute Gasteiger partial charge is 0.494 e. The number of hydrogen-bond donors (Lipinski definition) is 1. The van der Waals surface area contributed by atoms with Crippen LogP contribution in [0.1, 0.15) is 23.5 Å². The van der Waals surface area contributed by atoms with Crippen LogP contribution in [-0.2, 0) is 6.54 Å². The Bertz CT molecular complexity index is 1220. The Kier molecular flexibility index (Phi) is 4.88. The molecule has 0 bridgehead atoms. The van der Waals surface area contributed by atoms with Gasteiger partial charge in [0.15, 0.2) is 0 Å². The summed E-state index contributed by atoms with van der Waals surface area (Å²) in [6.07, 6.45) is 0. The van der Waals surface area contributed by atoms with Gasteiger partial charge in [-0.2, -0.15) is 0 Å². The van der Waals surface area contributed by atoms with E-state index in [4.69, 9.17) is 4.74 Å². The number of ether oxygens (including phenoxy) is 1. The van der Waals surface area contributed by atoms with E-state index >= 15 is 0 Å². The molecular formula is C22H20N2O3S. The van der Waals surface area contributed by atoms with Crippen LogP contribution in [0.25, 0.3) is 21.0 Å². The number of pyridine rings is 1. The molecule has 2 aromatic carbocycles.